The first-order chi connectivity index (χ1) is 5.77. The Morgan fingerprint density at radius 1 is 1.33 bits per heavy atom. The third-order valence-corrected chi connectivity index (χ3v) is 2.78. The topological polar surface area (TPSA) is 35.2 Å². The van der Waals surface area contributed by atoms with E-state index < -0.39 is 0 Å². The Morgan fingerprint density at radius 3 is 2.42 bits per heavy atom. The van der Waals surface area contributed by atoms with Crippen molar-refractivity contribution >= 4 is 0 Å². The maximum atomic E-state index is 5.91. The molecule has 72 valence electrons. The van der Waals surface area contributed by atoms with Crippen molar-refractivity contribution in [3.63, 3.8) is 0 Å². The Bertz CT molecular complexity index is 123. The van der Waals surface area contributed by atoms with E-state index in [1.807, 2.05) is 0 Å². The molecule has 2 heteroatoms. The predicted molar refractivity (Wildman–Crippen MR) is 51.1 cm³/mol. The van der Waals surface area contributed by atoms with E-state index in [0.29, 0.717) is 18.2 Å². The van der Waals surface area contributed by atoms with Crippen LogP contribution < -0.4 is 5.73 Å². The van der Waals surface area contributed by atoms with E-state index in [1.165, 1.54) is 6.42 Å². The van der Waals surface area contributed by atoms with Crippen LogP contribution >= 0.6 is 0 Å². The molecule has 12 heavy (non-hydrogen) atoms. The van der Waals surface area contributed by atoms with Gasteiger partial charge in [-0.15, -0.1) is 0 Å². The summed E-state index contributed by atoms with van der Waals surface area (Å²) >= 11 is 0. The summed E-state index contributed by atoms with van der Waals surface area (Å²) in [6.45, 7) is 4.35. The van der Waals surface area contributed by atoms with Gasteiger partial charge in [-0.25, -0.2) is 0 Å². The van der Waals surface area contributed by atoms with Gasteiger partial charge in [0.2, 0.25) is 0 Å². The molecule has 0 saturated heterocycles. The number of nitrogens with two attached hydrogens (primary N) is 1. The van der Waals surface area contributed by atoms with Gasteiger partial charge in [0.25, 0.3) is 0 Å². The lowest BCUT2D eigenvalue weighted by Crippen LogP contribution is -2.34. The molecule has 2 unspecified atom stereocenters. The molecule has 2 nitrogen and oxygen atoms in total. The van der Waals surface area contributed by atoms with Gasteiger partial charge < -0.3 is 10.5 Å². The van der Waals surface area contributed by atoms with Crippen LogP contribution in [0.1, 0.15) is 46.0 Å². The first-order valence-corrected chi connectivity index (χ1v) is 5.19. The number of ether oxygens (including phenoxy) is 1. The standard InChI is InChI=1S/C10H21NO/c1-3-8(4-2)12-10-7-5-6-9(10)11/h8-10H,3-7,11H2,1-2H3. The van der Waals surface area contributed by atoms with Crippen LogP contribution in [0.3, 0.4) is 0 Å². The van der Waals surface area contributed by atoms with Gasteiger partial charge in [0.1, 0.15) is 0 Å². The molecule has 0 heterocycles. The summed E-state index contributed by atoms with van der Waals surface area (Å²) in [5.74, 6) is 0. The van der Waals surface area contributed by atoms with E-state index in [0.717, 1.165) is 25.7 Å². The molecular weight excluding hydrogens is 150 g/mol. The maximum absolute atomic E-state index is 5.91. The van der Waals surface area contributed by atoms with E-state index in [2.05, 4.69) is 13.8 Å². The molecule has 0 aromatic carbocycles. The molecule has 0 amide bonds. The largest absolute Gasteiger partial charge is 0.373 e. The number of hydrogen-bond donors (Lipinski definition) is 1. The van der Waals surface area contributed by atoms with Crippen LogP contribution in [0.15, 0.2) is 0 Å². The molecule has 1 aliphatic rings. The van der Waals surface area contributed by atoms with Crippen molar-refractivity contribution in [3.05, 3.63) is 0 Å². The first kappa shape index (κ1) is 10.0. The highest BCUT2D eigenvalue weighted by Gasteiger charge is 2.26. The van der Waals surface area contributed by atoms with Gasteiger partial charge in [-0.3, -0.25) is 0 Å². The van der Waals surface area contributed by atoms with Crippen LogP contribution in [-0.4, -0.2) is 18.2 Å². The van der Waals surface area contributed by atoms with Crippen LogP contribution in [0.25, 0.3) is 0 Å². The zero-order valence-corrected chi connectivity index (χ0v) is 8.25. The van der Waals surface area contributed by atoms with E-state index in [9.17, 15) is 0 Å². The first-order valence-electron chi connectivity index (χ1n) is 5.19. The van der Waals surface area contributed by atoms with Crippen LogP contribution in [-0.2, 0) is 4.74 Å². The highest BCUT2D eigenvalue weighted by Crippen LogP contribution is 2.22. The van der Waals surface area contributed by atoms with Gasteiger partial charge in [-0.2, -0.15) is 0 Å². The Kier molecular flexibility index (Phi) is 4.02. The fourth-order valence-electron chi connectivity index (χ4n) is 1.85. The van der Waals surface area contributed by atoms with Crippen LogP contribution in [0, 0.1) is 0 Å². The van der Waals surface area contributed by atoms with Gasteiger partial charge >= 0.3 is 0 Å². The minimum atomic E-state index is 0.297. The van der Waals surface area contributed by atoms with Gasteiger partial charge in [0, 0.05) is 6.04 Å². The third kappa shape index (κ3) is 2.46. The van der Waals surface area contributed by atoms with Crippen molar-refractivity contribution in [1.82, 2.24) is 0 Å². The molecule has 1 rings (SSSR count). The quantitative estimate of drug-likeness (QED) is 0.702. The van der Waals surface area contributed by atoms with Crippen molar-refractivity contribution in [2.24, 2.45) is 5.73 Å². The summed E-state index contributed by atoms with van der Waals surface area (Å²) < 4.78 is 5.90. The molecule has 0 aromatic rings. The van der Waals surface area contributed by atoms with Gasteiger partial charge in [0.15, 0.2) is 0 Å². The van der Waals surface area contributed by atoms with Crippen molar-refractivity contribution in [1.29, 1.82) is 0 Å². The molecule has 1 fully saturated rings. The summed E-state index contributed by atoms with van der Waals surface area (Å²) in [7, 11) is 0. The lowest BCUT2D eigenvalue weighted by molar-refractivity contribution is -0.0188. The molecule has 2 N–H and O–H groups in total. The molecule has 0 aromatic heterocycles. The SMILES string of the molecule is CCC(CC)OC1CCCC1N. The zero-order valence-electron chi connectivity index (χ0n) is 8.25. The summed E-state index contributed by atoms with van der Waals surface area (Å²) in [4.78, 5) is 0. The van der Waals surface area contributed by atoms with Crippen molar-refractivity contribution in [2.45, 2.75) is 64.2 Å². The summed E-state index contributed by atoms with van der Waals surface area (Å²) in [5.41, 5.74) is 5.91. The Hall–Kier alpha value is -0.0800. The van der Waals surface area contributed by atoms with E-state index >= 15 is 0 Å². The maximum Gasteiger partial charge on any atom is 0.0729 e. The van der Waals surface area contributed by atoms with Crippen LogP contribution in [0.5, 0.6) is 0 Å². The van der Waals surface area contributed by atoms with Crippen molar-refractivity contribution in [3.8, 4) is 0 Å². The van der Waals surface area contributed by atoms with Gasteiger partial charge in [-0.1, -0.05) is 13.8 Å². The van der Waals surface area contributed by atoms with E-state index in [1.54, 1.807) is 0 Å². The normalized spacial score (nSPS) is 30.0. The summed E-state index contributed by atoms with van der Waals surface area (Å²) in [5, 5.41) is 0. The molecule has 0 aliphatic heterocycles. The Morgan fingerprint density at radius 2 is 2.00 bits per heavy atom. The second-order valence-electron chi connectivity index (χ2n) is 3.71. The highest BCUT2D eigenvalue weighted by molar-refractivity contribution is 4.81. The highest BCUT2D eigenvalue weighted by atomic mass is 16.5. The van der Waals surface area contributed by atoms with E-state index in [4.69, 9.17) is 10.5 Å². The predicted octanol–water partition coefficient (Wildman–Crippen LogP) is 2.07. The number of hydrogen-bond acceptors (Lipinski definition) is 2. The molecule has 1 aliphatic carbocycles. The Balaban J connectivity index is 2.28. The fourth-order valence-corrected chi connectivity index (χ4v) is 1.85. The second-order valence-corrected chi connectivity index (χ2v) is 3.71. The fraction of sp³-hybridized carbons (Fsp3) is 1.00. The van der Waals surface area contributed by atoms with Gasteiger partial charge in [0.05, 0.1) is 12.2 Å². The Labute approximate surface area is 75.5 Å². The lowest BCUT2D eigenvalue weighted by Gasteiger charge is -2.22. The van der Waals surface area contributed by atoms with Crippen LogP contribution in [0.2, 0.25) is 0 Å². The second kappa shape index (κ2) is 4.83. The smallest absolute Gasteiger partial charge is 0.0729 e. The lowest BCUT2D eigenvalue weighted by atomic mass is 10.2. The van der Waals surface area contributed by atoms with Gasteiger partial charge in [-0.05, 0) is 32.1 Å². The zero-order chi connectivity index (χ0) is 8.97. The summed E-state index contributed by atoms with van der Waals surface area (Å²) in [6.07, 6.45) is 6.54. The van der Waals surface area contributed by atoms with Crippen LogP contribution in [0.4, 0.5) is 0 Å². The monoisotopic (exact) mass is 171 g/mol. The molecule has 1 saturated carbocycles. The molecule has 0 bridgehead atoms. The number of rotatable bonds is 4. The average Bonchev–Trinajstić information content (AvgIpc) is 2.47. The molecule has 0 radical (unpaired) electrons. The molecular formula is C10H21NO. The average molecular weight is 171 g/mol. The minimum Gasteiger partial charge on any atom is -0.373 e. The third-order valence-electron chi connectivity index (χ3n) is 2.78. The molecule has 2 atom stereocenters. The van der Waals surface area contributed by atoms with Crippen molar-refractivity contribution < 1.29 is 4.74 Å². The molecule has 0 spiro atoms. The van der Waals surface area contributed by atoms with Crippen molar-refractivity contribution in [2.75, 3.05) is 0 Å². The van der Waals surface area contributed by atoms with E-state index in [-0.39, 0.29) is 0 Å². The minimum absolute atomic E-state index is 0.297. The summed E-state index contributed by atoms with van der Waals surface area (Å²) in [6, 6.07) is 0.297.